The van der Waals surface area contributed by atoms with Gasteiger partial charge in [-0.25, -0.2) is 4.98 Å². The molecule has 1 aliphatic rings. The first-order valence-corrected chi connectivity index (χ1v) is 7.02. The third-order valence-electron chi connectivity index (χ3n) is 3.71. The molecule has 1 fully saturated rings. The van der Waals surface area contributed by atoms with Gasteiger partial charge in [0.25, 0.3) is 0 Å². The minimum atomic E-state index is -0.296. The molecule has 0 saturated heterocycles. The van der Waals surface area contributed by atoms with Crippen LogP contribution in [-0.4, -0.2) is 10.8 Å². The van der Waals surface area contributed by atoms with E-state index in [0.29, 0.717) is 0 Å². The molecule has 0 amide bonds. The zero-order valence-corrected chi connectivity index (χ0v) is 11.6. The second-order valence-electron chi connectivity index (χ2n) is 5.33. The molecule has 2 N–H and O–H groups in total. The Balaban J connectivity index is 2.28. The van der Waals surface area contributed by atoms with Gasteiger partial charge in [0, 0.05) is 6.92 Å². The van der Waals surface area contributed by atoms with Crippen molar-refractivity contribution in [3.8, 4) is 0 Å². The number of thiazole rings is 1. The number of aryl methyl sites for hydroxylation is 1. The van der Waals surface area contributed by atoms with Gasteiger partial charge in [-0.2, -0.15) is 0 Å². The fourth-order valence-corrected chi connectivity index (χ4v) is 3.55. The van der Waals surface area contributed by atoms with Gasteiger partial charge in [-0.1, -0.05) is 6.92 Å². The van der Waals surface area contributed by atoms with E-state index in [1.54, 1.807) is 6.92 Å². The second-order valence-corrected chi connectivity index (χ2v) is 6.33. The van der Waals surface area contributed by atoms with Crippen LogP contribution in [0.5, 0.6) is 0 Å². The molecule has 0 unspecified atom stereocenters. The molecule has 1 aromatic heterocycles. The van der Waals surface area contributed by atoms with E-state index in [1.807, 2.05) is 6.92 Å². The van der Waals surface area contributed by atoms with Gasteiger partial charge in [-0.05, 0) is 38.5 Å². The summed E-state index contributed by atoms with van der Waals surface area (Å²) in [6, 6.07) is 0. The van der Waals surface area contributed by atoms with Crippen LogP contribution >= 0.6 is 11.3 Å². The fraction of sp³-hybridized carbons (Fsp3) is 0.692. The van der Waals surface area contributed by atoms with Gasteiger partial charge in [0.15, 0.2) is 5.78 Å². The Morgan fingerprint density at radius 2 is 2.06 bits per heavy atom. The number of rotatable bonds is 2. The maximum atomic E-state index is 11.4. The molecule has 3 nitrogen and oxygen atoms in total. The summed E-state index contributed by atoms with van der Waals surface area (Å²) in [5.41, 5.74) is 7.00. The number of nitrogens with two attached hydrogens (primary N) is 1. The highest BCUT2D eigenvalue weighted by Crippen LogP contribution is 2.39. The predicted molar refractivity (Wildman–Crippen MR) is 70.4 cm³/mol. The lowest BCUT2D eigenvalue weighted by Gasteiger charge is -2.34. The van der Waals surface area contributed by atoms with Crippen LogP contribution in [0.3, 0.4) is 0 Å². The molecular formula is C13H20N2OS. The summed E-state index contributed by atoms with van der Waals surface area (Å²) < 4.78 is 0. The smallest absolute Gasteiger partial charge is 0.171 e. The molecule has 4 heteroatoms. The molecule has 0 atom stereocenters. The average molecular weight is 252 g/mol. The van der Waals surface area contributed by atoms with Crippen LogP contribution in [0.25, 0.3) is 0 Å². The molecule has 1 heterocycles. The lowest BCUT2D eigenvalue weighted by atomic mass is 9.78. The number of carbonyl (C=O) groups excluding carboxylic acids is 1. The Kier molecular flexibility index (Phi) is 3.36. The molecule has 2 rings (SSSR count). The predicted octanol–water partition coefficient (Wildman–Crippen LogP) is 3.02. The van der Waals surface area contributed by atoms with Crippen LogP contribution in [0.1, 0.15) is 59.9 Å². The van der Waals surface area contributed by atoms with E-state index < -0.39 is 0 Å². The number of nitrogens with zero attached hydrogens (tertiary/aromatic N) is 1. The third-order valence-corrected chi connectivity index (χ3v) is 5.19. The fourth-order valence-electron chi connectivity index (χ4n) is 2.43. The number of aromatic nitrogens is 1. The summed E-state index contributed by atoms with van der Waals surface area (Å²) >= 11 is 1.49. The highest BCUT2D eigenvalue weighted by molar-refractivity contribution is 7.14. The molecule has 0 aliphatic heterocycles. The summed E-state index contributed by atoms with van der Waals surface area (Å²) in [6.07, 6.45) is 4.28. The maximum absolute atomic E-state index is 11.4. The van der Waals surface area contributed by atoms with Crippen molar-refractivity contribution in [2.24, 2.45) is 11.7 Å². The van der Waals surface area contributed by atoms with Crippen LogP contribution in [0, 0.1) is 12.8 Å². The van der Waals surface area contributed by atoms with E-state index in [9.17, 15) is 4.79 Å². The minimum Gasteiger partial charge on any atom is -0.319 e. The number of Topliss-reactive ketones (excluding diaryl/α,β-unsaturated/α-hetero) is 1. The Morgan fingerprint density at radius 1 is 1.47 bits per heavy atom. The normalized spacial score (nSPS) is 29.3. The summed E-state index contributed by atoms with van der Waals surface area (Å²) in [6.45, 7) is 5.76. The van der Waals surface area contributed by atoms with E-state index in [0.717, 1.165) is 47.2 Å². The SMILES string of the molecule is CC(=O)c1sc(C2(N)CCC(C)CC2)nc1C. The standard InChI is InChI=1S/C13H20N2OS/c1-8-4-6-13(14,7-5-8)12-15-9(2)11(17-12)10(3)16/h8H,4-7,14H2,1-3H3. The molecule has 0 bridgehead atoms. The Labute approximate surface area is 106 Å². The van der Waals surface area contributed by atoms with Crippen LogP contribution in [-0.2, 0) is 5.54 Å². The Bertz CT molecular complexity index is 431. The number of hydrogen-bond acceptors (Lipinski definition) is 4. The minimum absolute atomic E-state index is 0.0963. The zero-order chi connectivity index (χ0) is 12.6. The number of carbonyl (C=O) groups is 1. The molecule has 1 saturated carbocycles. The highest BCUT2D eigenvalue weighted by atomic mass is 32.1. The van der Waals surface area contributed by atoms with Crippen molar-refractivity contribution >= 4 is 17.1 Å². The van der Waals surface area contributed by atoms with Gasteiger partial charge >= 0.3 is 0 Å². The first-order valence-electron chi connectivity index (χ1n) is 6.20. The average Bonchev–Trinajstić information content (AvgIpc) is 2.66. The van der Waals surface area contributed by atoms with Gasteiger partial charge in [0.2, 0.25) is 0 Å². The van der Waals surface area contributed by atoms with Crippen molar-refractivity contribution in [2.75, 3.05) is 0 Å². The number of ketones is 1. The van der Waals surface area contributed by atoms with Gasteiger partial charge < -0.3 is 5.73 Å². The van der Waals surface area contributed by atoms with E-state index >= 15 is 0 Å². The van der Waals surface area contributed by atoms with E-state index in [4.69, 9.17) is 5.73 Å². The van der Waals surface area contributed by atoms with Crippen LogP contribution in [0.2, 0.25) is 0 Å². The lowest BCUT2D eigenvalue weighted by Crippen LogP contribution is -2.40. The van der Waals surface area contributed by atoms with E-state index in [2.05, 4.69) is 11.9 Å². The van der Waals surface area contributed by atoms with Gasteiger partial charge in [0.05, 0.1) is 16.1 Å². The molecule has 1 aliphatic carbocycles. The quantitative estimate of drug-likeness (QED) is 0.823. The summed E-state index contributed by atoms with van der Waals surface area (Å²) in [5.74, 6) is 0.860. The van der Waals surface area contributed by atoms with Crippen LogP contribution in [0.4, 0.5) is 0 Å². The topological polar surface area (TPSA) is 56.0 Å². The van der Waals surface area contributed by atoms with Crippen molar-refractivity contribution in [1.29, 1.82) is 0 Å². The highest BCUT2D eigenvalue weighted by Gasteiger charge is 2.35. The molecule has 0 aromatic carbocycles. The third kappa shape index (κ3) is 2.43. The lowest BCUT2D eigenvalue weighted by molar-refractivity contribution is 0.102. The Morgan fingerprint density at radius 3 is 2.53 bits per heavy atom. The molecule has 1 aromatic rings. The largest absolute Gasteiger partial charge is 0.319 e. The summed E-state index contributed by atoms with van der Waals surface area (Å²) in [7, 11) is 0. The van der Waals surface area contributed by atoms with Crippen LogP contribution < -0.4 is 5.73 Å². The molecule has 94 valence electrons. The molecule has 0 spiro atoms. The van der Waals surface area contributed by atoms with Crippen molar-refractivity contribution in [2.45, 2.75) is 52.0 Å². The molecule has 17 heavy (non-hydrogen) atoms. The monoisotopic (exact) mass is 252 g/mol. The van der Waals surface area contributed by atoms with Gasteiger partial charge in [-0.15, -0.1) is 11.3 Å². The second kappa shape index (κ2) is 4.50. The van der Waals surface area contributed by atoms with Gasteiger partial charge in [0.1, 0.15) is 5.01 Å². The van der Waals surface area contributed by atoms with Gasteiger partial charge in [-0.3, -0.25) is 4.79 Å². The van der Waals surface area contributed by atoms with Crippen molar-refractivity contribution < 1.29 is 4.79 Å². The van der Waals surface area contributed by atoms with E-state index in [1.165, 1.54) is 11.3 Å². The van der Waals surface area contributed by atoms with Crippen LogP contribution in [0.15, 0.2) is 0 Å². The maximum Gasteiger partial charge on any atom is 0.171 e. The van der Waals surface area contributed by atoms with Crippen molar-refractivity contribution in [3.05, 3.63) is 15.6 Å². The molecule has 0 radical (unpaired) electrons. The first-order chi connectivity index (χ1) is 7.92. The zero-order valence-electron chi connectivity index (χ0n) is 10.7. The van der Waals surface area contributed by atoms with E-state index in [-0.39, 0.29) is 11.3 Å². The van der Waals surface area contributed by atoms with Crippen molar-refractivity contribution in [1.82, 2.24) is 4.98 Å². The Hall–Kier alpha value is -0.740. The molecular weight excluding hydrogens is 232 g/mol. The summed E-state index contributed by atoms with van der Waals surface area (Å²) in [4.78, 5) is 16.7. The number of hydrogen-bond donors (Lipinski definition) is 1. The first kappa shape index (κ1) is 12.7. The van der Waals surface area contributed by atoms with Crippen molar-refractivity contribution in [3.63, 3.8) is 0 Å². The summed E-state index contributed by atoms with van der Waals surface area (Å²) in [5, 5.41) is 0.951.